The number of nitrogens with zero attached hydrogens (tertiary/aromatic N) is 2. The topological polar surface area (TPSA) is 136 Å². The van der Waals surface area contributed by atoms with Gasteiger partial charge in [-0.3, -0.25) is 4.79 Å². The molecule has 0 radical (unpaired) electrons. The molecule has 4 N–H and O–H groups in total. The molecular formula is C16H21N5O4. The average molecular weight is 347 g/mol. The van der Waals surface area contributed by atoms with Crippen molar-refractivity contribution in [3.63, 3.8) is 0 Å². The molecule has 0 unspecified atom stereocenters. The van der Waals surface area contributed by atoms with Gasteiger partial charge in [-0.25, -0.2) is 4.79 Å². The molecule has 1 aliphatic carbocycles. The highest BCUT2D eigenvalue weighted by Gasteiger charge is 2.45. The van der Waals surface area contributed by atoms with Gasteiger partial charge < -0.3 is 25.3 Å². The smallest absolute Gasteiger partial charge is 0.408 e. The van der Waals surface area contributed by atoms with Gasteiger partial charge in [-0.05, 0) is 52.2 Å². The standard InChI is InChI=1S/C16H21N5O4/c1-15(2,3)24-14(23)20-16(7-4-8-16)13-19-12(25-21-13)10-6-5-9(18-10)11(17)22/h5-6,18H,4,7-8H2,1-3H3,(H2,17,22)(H,20,23). The number of ether oxygens (including phenoxy) is 1. The van der Waals surface area contributed by atoms with E-state index in [1.54, 1.807) is 32.9 Å². The summed E-state index contributed by atoms with van der Waals surface area (Å²) in [4.78, 5) is 30.5. The number of alkyl carbamates (subject to hydrolysis) is 1. The number of amides is 2. The number of aromatic nitrogens is 3. The van der Waals surface area contributed by atoms with Crippen LogP contribution in [-0.2, 0) is 10.3 Å². The lowest BCUT2D eigenvalue weighted by atomic mass is 9.76. The molecule has 0 saturated heterocycles. The van der Waals surface area contributed by atoms with Crippen molar-refractivity contribution in [2.45, 2.75) is 51.2 Å². The summed E-state index contributed by atoms with van der Waals surface area (Å²) >= 11 is 0. The van der Waals surface area contributed by atoms with Crippen LogP contribution in [0.15, 0.2) is 16.7 Å². The van der Waals surface area contributed by atoms with Gasteiger partial charge in [-0.1, -0.05) is 5.16 Å². The predicted molar refractivity (Wildman–Crippen MR) is 87.5 cm³/mol. The van der Waals surface area contributed by atoms with Crippen LogP contribution in [-0.4, -0.2) is 32.7 Å². The maximum atomic E-state index is 12.1. The molecule has 134 valence electrons. The fraction of sp³-hybridized carbons (Fsp3) is 0.500. The van der Waals surface area contributed by atoms with Crippen LogP contribution in [0.2, 0.25) is 0 Å². The molecule has 1 aliphatic rings. The second kappa shape index (κ2) is 5.91. The number of rotatable bonds is 4. The summed E-state index contributed by atoms with van der Waals surface area (Å²) in [7, 11) is 0. The third-order valence-corrected chi connectivity index (χ3v) is 3.98. The molecule has 1 fully saturated rings. The van der Waals surface area contributed by atoms with Crippen LogP contribution in [0.3, 0.4) is 0 Å². The van der Waals surface area contributed by atoms with Gasteiger partial charge in [0.05, 0.1) is 0 Å². The first-order chi connectivity index (χ1) is 11.7. The fourth-order valence-electron chi connectivity index (χ4n) is 2.62. The second-order valence-electron chi connectivity index (χ2n) is 7.14. The Balaban J connectivity index is 1.79. The van der Waals surface area contributed by atoms with Crippen molar-refractivity contribution in [1.82, 2.24) is 20.4 Å². The third-order valence-electron chi connectivity index (χ3n) is 3.98. The maximum absolute atomic E-state index is 12.1. The first-order valence-corrected chi connectivity index (χ1v) is 8.03. The van der Waals surface area contributed by atoms with Crippen LogP contribution >= 0.6 is 0 Å². The lowest BCUT2D eigenvalue weighted by molar-refractivity contribution is 0.0361. The molecule has 0 spiro atoms. The highest BCUT2D eigenvalue weighted by atomic mass is 16.6. The van der Waals surface area contributed by atoms with Crippen molar-refractivity contribution in [3.05, 3.63) is 23.7 Å². The summed E-state index contributed by atoms with van der Waals surface area (Å²) in [5.41, 5.74) is 4.67. The van der Waals surface area contributed by atoms with Gasteiger partial charge in [0.25, 0.3) is 11.8 Å². The van der Waals surface area contributed by atoms with Crippen molar-refractivity contribution >= 4 is 12.0 Å². The number of hydrogen-bond donors (Lipinski definition) is 3. The van der Waals surface area contributed by atoms with E-state index in [0.717, 1.165) is 6.42 Å². The van der Waals surface area contributed by atoms with E-state index in [1.807, 2.05) is 0 Å². The first-order valence-electron chi connectivity index (χ1n) is 8.03. The zero-order valence-corrected chi connectivity index (χ0v) is 14.4. The molecular weight excluding hydrogens is 326 g/mol. The summed E-state index contributed by atoms with van der Waals surface area (Å²) in [5.74, 6) is 0.0302. The number of H-pyrrole nitrogens is 1. The lowest BCUT2D eigenvalue weighted by Gasteiger charge is -2.39. The van der Waals surface area contributed by atoms with E-state index < -0.39 is 23.1 Å². The molecule has 0 aliphatic heterocycles. The van der Waals surface area contributed by atoms with Crippen molar-refractivity contribution in [3.8, 4) is 11.6 Å². The molecule has 25 heavy (non-hydrogen) atoms. The van der Waals surface area contributed by atoms with Crippen LogP contribution in [0.5, 0.6) is 0 Å². The minimum atomic E-state index is -0.691. The SMILES string of the molecule is CC(C)(C)OC(=O)NC1(c2noc(-c3ccc(C(N)=O)[nH]3)n2)CCC1. The number of carbonyl (C=O) groups is 2. The summed E-state index contributed by atoms with van der Waals surface area (Å²) in [6, 6.07) is 3.17. The Morgan fingerprint density at radius 3 is 2.60 bits per heavy atom. The zero-order valence-electron chi connectivity index (χ0n) is 14.4. The Morgan fingerprint density at radius 1 is 1.36 bits per heavy atom. The average Bonchev–Trinajstić information content (AvgIpc) is 3.09. The maximum Gasteiger partial charge on any atom is 0.408 e. The highest BCUT2D eigenvalue weighted by molar-refractivity contribution is 5.91. The molecule has 1 saturated carbocycles. The Bertz CT molecular complexity index is 798. The Labute approximate surface area is 144 Å². The minimum Gasteiger partial charge on any atom is -0.444 e. The molecule has 9 heteroatoms. The number of nitrogens with two attached hydrogens (primary N) is 1. The van der Waals surface area contributed by atoms with Gasteiger partial charge in [0.1, 0.15) is 22.5 Å². The predicted octanol–water partition coefficient (Wildman–Crippen LogP) is 2.07. The molecule has 9 nitrogen and oxygen atoms in total. The van der Waals surface area contributed by atoms with E-state index in [-0.39, 0.29) is 11.6 Å². The van der Waals surface area contributed by atoms with Crippen LogP contribution < -0.4 is 11.1 Å². The molecule has 0 bridgehead atoms. The molecule has 3 rings (SSSR count). The third kappa shape index (κ3) is 3.49. The molecule has 2 aromatic heterocycles. The fourth-order valence-corrected chi connectivity index (χ4v) is 2.62. The van der Waals surface area contributed by atoms with Gasteiger partial charge in [0.2, 0.25) is 0 Å². The Morgan fingerprint density at radius 2 is 2.08 bits per heavy atom. The van der Waals surface area contributed by atoms with E-state index >= 15 is 0 Å². The molecule has 0 atom stereocenters. The van der Waals surface area contributed by atoms with Gasteiger partial charge in [0.15, 0.2) is 5.82 Å². The highest BCUT2D eigenvalue weighted by Crippen LogP contribution is 2.40. The number of primary amides is 1. The summed E-state index contributed by atoms with van der Waals surface area (Å²) < 4.78 is 10.6. The summed E-state index contributed by atoms with van der Waals surface area (Å²) in [6.45, 7) is 5.40. The van der Waals surface area contributed by atoms with Gasteiger partial charge in [0, 0.05) is 0 Å². The van der Waals surface area contributed by atoms with Gasteiger partial charge >= 0.3 is 6.09 Å². The van der Waals surface area contributed by atoms with Crippen LogP contribution in [0.25, 0.3) is 11.6 Å². The minimum absolute atomic E-state index is 0.222. The van der Waals surface area contributed by atoms with Crippen molar-refractivity contribution < 1.29 is 18.8 Å². The number of aromatic amines is 1. The van der Waals surface area contributed by atoms with Crippen molar-refractivity contribution in [2.75, 3.05) is 0 Å². The van der Waals surface area contributed by atoms with Crippen molar-refractivity contribution in [2.24, 2.45) is 5.73 Å². The summed E-state index contributed by atoms with van der Waals surface area (Å²) in [5, 5.41) is 6.86. The summed E-state index contributed by atoms with van der Waals surface area (Å²) in [6.07, 6.45) is 1.81. The molecule has 0 aromatic carbocycles. The van der Waals surface area contributed by atoms with Gasteiger partial charge in [-0.15, -0.1) is 0 Å². The monoisotopic (exact) mass is 347 g/mol. The zero-order chi connectivity index (χ0) is 18.2. The van der Waals surface area contributed by atoms with E-state index in [9.17, 15) is 9.59 Å². The van der Waals surface area contributed by atoms with Crippen LogP contribution in [0, 0.1) is 0 Å². The molecule has 2 amide bonds. The van der Waals surface area contributed by atoms with Crippen molar-refractivity contribution in [1.29, 1.82) is 0 Å². The molecule has 2 aromatic rings. The van der Waals surface area contributed by atoms with E-state index in [4.69, 9.17) is 15.0 Å². The lowest BCUT2D eigenvalue weighted by Crippen LogP contribution is -2.52. The number of hydrogen-bond acceptors (Lipinski definition) is 6. The molecule has 2 heterocycles. The Kier molecular flexibility index (Phi) is 4.02. The quantitative estimate of drug-likeness (QED) is 0.774. The van der Waals surface area contributed by atoms with E-state index in [1.165, 1.54) is 0 Å². The number of nitrogens with one attached hydrogen (secondary N) is 2. The largest absolute Gasteiger partial charge is 0.444 e. The van der Waals surface area contributed by atoms with E-state index in [2.05, 4.69) is 20.4 Å². The van der Waals surface area contributed by atoms with Crippen LogP contribution in [0.4, 0.5) is 4.79 Å². The van der Waals surface area contributed by atoms with Crippen LogP contribution in [0.1, 0.15) is 56.3 Å². The Hall–Kier alpha value is -2.84. The second-order valence-corrected chi connectivity index (χ2v) is 7.14. The first kappa shape index (κ1) is 17.0. The number of carbonyl (C=O) groups excluding carboxylic acids is 2. The van der Waals surface area contributed by atoms with Gasteiger partial charge in [-0.2, -0.15) is 4.98 Å². The van der Waals surface area contributed by atoms with E-state index in [0.29, 0.717) is 24.4 Å². The normalized spacial score (nSPS) is 16.1.